The van der Waals surface area contributed by atoms with Gasteiger partial charge in [-0.25, -0.2) is 4.52 Å². The summed E-state index contributed by atoms with van der Waals surface area (Å²) in [5.41, 5.74) is 4.77. The van der Waals surface area contributed by atoms with Crippen LogP contribution in [0.25, 0.3) is 16.8 Å². The van der Waals surface area contributed by atoms with Gasteiger partial charge >= 0.3 is 0 Å². The quantitative estimate of drug-likeness (QED) is 0.467. The molecule has 0 aliphatic carbocycles. The van der Waals surface area contributed by atoms with Gasteiger partial charge in [0.15, 0.2) is 11.3 Å². The molecule has 0 unspecified atom stereocenters. The molecule has 1 amide bonds. The summed E-state index contributed by atoms with van der Waals surface area (Å²) < 4.78 is 2.66. The van der Waals surface area contributed by atoms with Gasteiger partial charge in [-0.3, -0.25) is 4.79 Å². The zero-order valence-corrected chi connectivity index (χ0v) is 17.4. The molecule has 8 heteroatoms. The summed E-state index contributed by atoms with van der Waals surface area (Å²) in [7, 11) is 0. The number of carbonyl (C=O) groups excluding carboxylic acids is 1. The van der Waals surface area contributed by atoms with Crippen LogP contribution in [0.15, 0.2) is 53.0 Å². The first-order valence-electron chi connectivity index (χ1n) is 8.49. The fourth-order valence-electron chi connectivity index (χ4n) is 3.00. The van der Waals surface area contributed by atoms with Crippen LogP contribution in [-0.2, 0) is 0 Å². The number of benzene rings is 2. The van der Waals surface area contributed by atoms with Crippen LogP contribution in [0.5, 0.6) is 0 Å². The number of hydrogen-bond donors (Lipinski definition) is 1. The molecule has 4 rings (SSSR count). The van der Waals surface area contributed by atoms with E-state index in [0.29, 0.717) is 22.1 Å². The molecule has 0 bridgehead atoms. The number of aromatic nitrogens is 4. The van der Waals surface area contributed by atoms with Crippen molar-refractivity contribution in [1.29, 1.82) is 0 Å². The normalized spacial score (nSPS) is 11.0. The Balaban J connectivity index is 1.74. The Hall–Kier alpha value is -2.77. The Morgan fingerprint density at radius 2 is 1.71 bits per heavy atom. The van der Waals surface area contributed by atoms with Crippen molar-refractivity contribution in [3.8, 4) is 11.1 Å². The summed E-state index contributed by atoms with van der Waals surface area (Å²) in [6.07, 6.45) is 0. The van der Waals surface area contributed by atoms with Gasteiger partial charge in [-0.1, -0.05) is 39.7 Å². The largest absolute Gasteiger partial charge is 0.321 e. The van der Waals surface area contributed by atoms with E-state index in [1.165, 1.54) is 0 Å². The number of amides is 1. The first-order valence-corrected chi connectivity index (χ1v) is 9.66. The molecule has 28 heavy (non-hydrogen) atoms. The van der Waals surface area contributed by atoms with Crippen LogP contribution < -0.4 is 5.32 Å². The number of nitrogens with one attached hydrogen (secondary N) is 1. The van der Waals surface area contributed by atoms with E-state index in [4.69, 9.17) is 11.6 Å². The van der Waals surface area contributed by atoms with Crippen molar-refractivity contribution in [1.82, 2.24) is 19.8 Å². The third-order valence-electron chi connectivity index (χ3n) is 4.39. The maximum Gasteiger partial charge on any atom is 0.278 e. The highest BCUT2D eigenvalue weighted by Crippen LogP contribution is 2.29. The zero-order chi connectivity index (χ0) is 19.8. The van der Waals surface area contributed by atoms with Crippen molar-refractivity contribution in [2.24, 2.45) is 0 Å². The van der Waals surface area contributed by atoms with Crippen LogP contribution in [0.4, 0.5) is 5.69 Å². The lowest BCUT2D eigenvalue weighted by atomic mass is 10.1. The lowest BCUT2D eigenvalue weighted by molar-refractivity contribution is 0.102. The molecule has 0 spiro atoms. The van der Waals surface area contributed by atoms with Gasteiger partial charge in [-0.05, 0) is 55.8 Å². The molecule has 0 radical (unpaired) electrons. The van der Waals surface area contributed by atoms with E-state index in [-0.39, 0.29) is 11.6 Å². The van der Waals surface area contributed by atoms with Crippen molar-refractivity contribution >= 4 is 44.8 Å². The Labute approximate surface area is 174 Å². The van der Waals surface area contributed by atoms with E-state index in [2.05, 4.69) is 36.5 Å². The average molecular weight is 457 g/mol. The van der Waals surface area contributed by atoms with Crippen molar-refractivity contribution in [2.45, 2.75) is 13.8 Å². The maximum atomic E-state index is 12.7. The molecule has 0 saturated carbocycles. The summed E-state index contributed by atoms with van der Waals surface area (Å²) in [6.45, 7) is 3.72. The van der Waals surface area contributed by atoms with Crippen molar-refractivity contribution in [3.63, 3.8) is 0 Å². The maximum absolute atomic E-state index is 12.7. The molecule has 6 nitrogen and oxygen atoms in total. The molecule has 0 fully saturated rings. The van der Waals surface area contributed by atoms with Crippen LogP contribution in [0.3, 0.4) is 0 Å². The van der Waals surface area contributed by atoms with E-state index in [1.54, 1.807) is 35.7 Å². The molecule has 2 aromatic carbocycles. The van der Waals surface area contributed by atoms with E-state index < -0.39 is 0 Å². The second-order valence-corrected chi connectivity index (χ2v) is 7.65. The van der Waals surface area contributed by atoms with E-state index in [1.807, 2.05) is 31.2 Å². The monoisotopic (exact) mass is 455 g/mol. The summed E-state index contributed by atoms with van der Waals surface area (Å²) in [5, 5.41) is 16.5. The number of halogens is 2. The van der Waals surface area contributed by atoms with Crippen LogP contribution >= 0.6 is 27.5 Å². The van der Waals surface area contributed by atoms with Crippen LogP contribution in [0.2, 0.25) is 5.02 Å². The van der Waals surface area contributed by atoms with Gasteiger partial charge in [0, 0.05) is 15.2 Å². The molecule has 0 saturated heterocycles. The molecular weight excluding hydrogens is 442 g/mol. The molecule has 2 heterocycles. The SMILES string of the molecule is Cc1nn2c(C)c(C(=O)Nc3ccc(Cl)cc3)nnc2c1-c1ccc(Br)cc1. The van der Waals surface area contributed by atoms with Crippen LogP contribution in [-0.4, -0.2) is 25.7 Å². The summed E-state index contributed by atoms with van der Waals surface area (Å²) in [6, 6.07) is 14.8. The first-order chi connectivity index (χ1) is 13.4. The Kier molecular flexibility index (Phi) is 4.87. The van der Waals surface area contributed by atoms with E-state index >= 15 is 0 Å². The van der Waals surface area contributed by atoms with E-state index in [0.717, 1.165) is 21.3 Å². The molecule has 0 aliphatic heterocycles. The standard InChI is InChI=1S/C20H15BrClN5O/c1-11-17(13-3-5-14(21)6-4-13)19-25-24-18(12(2)27(19)26-11)20(28)23-16-9-7-15(22)8-10-16/h3-10H,1-2H3,(H,23,28). The van der Waals surface area contributed by atoms with Gasteiger partial charge in [-0.2, -0.15) is 5.10 Å². The molecular formula is C20H15BrClN5O. The fraction of sp³-hybridized carbons (Fsp3) is 0.100. The number of nitrogens with zero attached hydrogens (tertiary/aromatic N) is 4. The minimum Gasteiger partial charge on any atom is -0.321 e. The van der Waals surface area contributed by atoms with E-state index in [9.17, 15) is 4.79 Å². The lowest BCUT2D eigenvalue weighted by Gasteiger charge is -2.08. The topological polar surface area (TPSA) is 72.2 Å². The van der Waals surface area contributed by atoms with Crippen LogP contribution in [0, 0.1) is 13.8 Å². The highest BCUT2D eigenvalue weighted by atomic mass is 79.9. The Morgan fingerprint density at radius 1 is 1.04 bits per heavy atom. The average Bonchev–Trinajstić information content (AvgIpc) is 3.01. The molecule has 0 atom stereocenters. The van der Waals surface area contributed by atoms with Crippen molar-refractivity contribution in [2.75, 3.05) is 5.32 Å². The number of aryl methyl sites for hydroxylation is 2. The lowest BCUT2D eigenvalue weighted by Crippen LogP contribution is -2.18. The number of rotatable bonds is 3. The fourth-order valence-corrected chi connectivity index (χ4v) is 3.39. The highest BCUT2D eigenvalue weighted by molar-refractivity contribution is 9.10. The predicted octanol–water partition coefficient (Wildman–Crippen LogP) is 5.08. The summed E-state index contributed by atoms with van der Waals surface area (Å²) >= 11 is 9.33. The summed E-state index contributed by atoms with van der Waals surface area (Å²) in [5.74, 6) is -0.354. The van der Waals surface area contributed by atoms with Crippen molar-refractivity contribution in [3.05, 3.63) is 75.1 Å². The number of carbonyl (C=O) groups is 1. The van der Waals surface area contributed by atoms with Gasteiger partial charge in [0.25, 0.3) is 5.91 Å². The molecule has 140 valence electrons. The third kappa shape index (κ3) is 3.39. The smallest absolute Gasteiger partial charge is 0.278 e. The third-order valence-corrected chi connectivity index (χ3v) is 5.17. The Morgan fingerprint density at radius 3 is 2.39 bits per heavy atom. The Bertz CT molecular complexity index is 1190. The predicted molar refractivity (Wildman–Crippen MR) is 113 cm³/mol. The molecule has 0 aliphatic rings. The zero-order valence-electron chi connectivity index (χ0n) is 15.1. The summed E-state index contributed by atoms with van der Waals surface area (Å²) in [4.78, 5) is 12.7. The van der Waals surface area contributed by atoms with Crippen molar-refractivity contribution < 1.29 is 4.79 Å². The minimum atomic E-state index is -0.354. The molecule has 1 N–H and O–H groups in total. The van der Waals surface area contributed by atoms with Gasteiger partial charge < -0.3 is 5.32 Å². The van der Waals surface area contributed by atoms with Gasteiger partial charge in [0.1, 0.15) is 0 Å². The number of hydrogen-bond acceptors (Lipinski definition) is 4. The molecule has 4 aromatic rings. The second-order valence-electron chi connectivity index (χ2n) is 6.30. The van der Waals surface area contributed by atoms with Gasteiger partial charge in [0.05, 0.1) is 17.0 Å². The second kappa shape index (κ2) is 7.33. The number of fused-ring (bicyclic) bond motifs is 1. The number of anilines is 1. The molecule has 2 aromatic heterocycles. The highest BCUT2D eigenvalue weighted by Gasteiger charge is 2.20. The van der Waals surface area contributed by atoms with Gasteiger partial charge in [0.2, 0.25) is 0 Å². The minimum absolute atomic E-state index is 0.215. The van der Waals surface area contributed by atoms with Crippen LogP contribution in [0.1, 0.15) is 21.9 Å². The first kappa shape index (κ1) is 18.6. The van der Waals surface area contributed by atoms with Gasteiger partial charge in [-0.15, -0.1) is 10.2 Å².